The molecule has 0 amide bonds. The highest BCUT2D eigenvalue weighted by molar-refractivity contribution is 5.39. The molecule has 2 rings (SSSR count). The number of rotatable bonds is 5. The maximum absolute atomic E-state index is 12.7. The molecule has 0 N–H and O–H groups in total. The molecule has 0 aliphatic carbocycles. The minimum atomic E-state index is -4.35. The number of hydrogen-bond donors (Lipinski definition) is 0. The van der Waals surface area contributed by atoms with Crippen molar-refractivity contribution >= 4 is 0 Å². The lowest BCUT2D eigenvalue weighted by molar-refractivity contribution is -0.137. The average Bonchev–Trinajstić information content (AvgIpc) is 2.46. The van der Waals surface area contributed by atoms with Crippen molar-refractivity contribution in [3.05, 3.63) is 77.9 Å². The van der Waals surface area contributed by atoms with E-state index in [0.29, 0.717) is 24.3 Å². The van der Waals surface area contributed by atoms with Gasteiger partial charge in [-0.05, 0) is 35.7 Å². The molecule has 0 aromatic heterocycles. The number of benzene rings is 2. The van der Waals surface area contributed by atoms with Gasteiger partial charge < -0.3 is 4.74 Å². The fourth-order valence-electron chi connectivity index (χ4n) is 1.95. The summed E-state index contributed by atoms with van der Waals surface area (Å²) in [4.78, 5) is 0. The van der Waals surface area contributed by atoms with E-state index in [-0.39, 0.29) is 0 Å². The molecule has 0 aliphatic heterocycles. The molecule has 4 heteroatoms. The molecule has 0 radical (unpaired) electrons. The SMILES string of the molecule is C=CCc1cc(C(F)(F)F)ccc1OCc1ccccc1. The van der Waals surface area contributed by atoms with Crippen LogP contribution in [0.5, 0.6) is 5.75 Å². The monoisotopic (exact) mass is 292 g/mol. The van der Waals surface area contributed by atoms with Crippen LogP contribution in [0, 0.1) is 0 Å². The van der Waals surface area contributed by atoms with Crippen LogP contribution in [-0.2, 0) is 19.2 Å². The molecule has 0 bridgehead atoms. The molecular weight excluding hydrogens is 277 g/mol. The number of halogens is 3. The first-order valence-electron chi connectivity index (χ1n) is 6.48. The Hall–Kier alpha value is -2.23. The third kappa shape index (κ3) is 4.12. The predicted octanol–water partition coefficient (Wildman–Crippen LogP) is 5.01. The maximum Gasteiger partial charge on any atom is 0.416 e. The van der Waals surface area contributed by atoms with Crippen LogP contribution < -0.4 is 4.74 Å². The van der Waals surface area contributed by atoms with Gasteiger partial charge >= 0.3 is 6.18 Å². The van der Waals surface area contributed by atoms with Crippen LogP contribution in [0.2, 0.25) is 0 Å². The van der Waals surface area contributed by atoms with Gasteiger partial charge in [0.25, 0.3) is 0 Å². The number of allylic oxidation sites excluding steroid dienone is 1. The van der Waals surface area contributed by atoms with Crippen molar-refractivity contribution in [2.24, 2.45) is 0 Å². The number of hydrogen-bond acceptors (Lipinski definition) is 1. The molecule has 2 aromatic carbocycles. The van der Waals surface area contributed by atoms with Gasteiger partial charge in [-0.15, -0.1) is 6.58 Å². The lowest BCUT2D eigenvalue weighted by Crippen LogP contribution is -2.06. The fraction of sp³-hybridized carbons (Fsp3) is 0.176. The van der Waals surface area contributed by atoms with E-state index in [9.17, 15) is 13.2 Å². The summed E-state index contributed by atoms with van der Waals surface area (Å²) in [6, 6.07) is 13.0. The highest BCUT2D eigenvalue weighted by Gasteiger charge is 2.31. The van der Waals surface area contributed by atoms with Gasteiger partial charge in [-0.25, -0.2) is 0 Å². The van der Waals surface area contributed by atoms with Crippen molar-refractivity contribution in [3.8, 4) is 5.75 Å². The Morgan fingerprint density at radius 3 is 2.38 bits per heavy atom. The summed E-state index contributed by atoms with van der Waals surface area (Å²) >= 11 is 0. The van der Waals surface area contributed by atoms with E-state index < -0.39 is 11.7 Å². The van der Waals surface area contributed by atoms with E-state index in [0.717, 1.165) is 17.7 Å². The van der Waals surface area contributed by atoms with Gasteiger partial charge in [0.1, 0.15) is 12.4 Å². The molecule has 0 heterocycles. The van der Waals surface area contributed by atoms with Crippen LogP contribution in [0.4, 0.5) is 13.2 Å². The zero-order chi connectivity index (χ0) is 15.3. The first-order valence-corrected chi connectivity index (χ1v) is 6.48. The lowest BCUT2D eigenvalue weighted by Gasteiger charge is -2.14. The van der Waals surface area contributed by atoms with Crippen LogP contribution in [0.25, 0.3) is 0 Å². The summed E-state index contributed by atoms with van der Waals surface area (Å²) in [6.45, 7) is 3.89. The molecule has 0 aliphatic rings. The summed E-state index contributed by atoms with van der Waals surface area (Å²) in [5.74, 6) is 0.451. The minimum absolute atomic E-state index is 0.316. The van der Waals surface area contributed by atoms with Crippen molar-refractivity contribution in [3.63, 3.8) is 0 Å². The van der Waals surface area contributed by atoms with Crippen LogP contribution >= 0.6 is 0 Å². The van der Waals surface area contributed by atoms with Gasteiger partial charge in [-0.2, -0.15) is 13.2 Å². The van der Waals surface area contributed by atoms with Crippen LogP contribution in [-0.4, -0.2) is 0 Å². The number of alkyl halides is 3. The zero-order valence-corrected chi connectivity index (χ0v) is 11.4. The summed E-state index contributed by atoms with van der Waals surface area (Å²) in [5, 5.41) is 0. The average molecular weight is 292 g/mol. The molecule has 1 nitrogen and oxygen atoms in total. The first-order chi connectivity index (χ1) is 10.0. The molecule has 0 spiro atoms. The molecule has 110 valence electrons. The molecule has 0 fully saturated rings. The molecule has 21 heavy (non-hydrogen) atoms. The highest BCUT2D eigenvalue weighted by Crippen LogP contribution is 2.33. The fourth-order valence-corrected chi connectivity index (χ4v) is 1.95. The van der Waals surface area contributed by atoms with Gasteiger partial charge in [0, 0.05) is 0 Å². The summed E-state index contributed by atoms with van der Waals surface area (Å²) in [5.41, 5.74) is 0.768. The van der Waals surface area contributed by atoms with Gasteiger partial charge in [-0.3, -0.25) is 0 Å². The van der Waals surface area contributed by atoms with E-state index in [1.165, 1.54) is 6.07 Å². The van der Waals surface area contributed by atoms with E-state index in [2.05, 4.69) is 6.58 Å². The van der Waals surface area contributed by atoms with Gasteiger partial charge in [0.2, 0.25) is 0 Å². The Labute approximate surface area is 121 Å². The Morgan fingerprint density at radius 1 is 1.05 bits per heavy atom. The minimum Gasteiger partial charge on any atom is -0.489 e. The molecule has 2 aromatic rings. The van der Waals surface area contributed by atoms with E-state index in [4.69, 9.17) is 4.74 Å². The van der Waals surface area contributed by atoms with Crippen LogP contribution in [0.1, 0.15) is 16.7 Å². The summed E-state index contributed by atoms with van der Waals surface area (Å²) in [6.07, 6.45) is -2.47. The van der Waals surface area contributed by atoms with Crippen molar-refractivity contribution in [2.45, 2.75) is 19.2 Å². The summed E-state index contributed by atoms with van der Waals surface area (Å²) < 4.78 is 43.8. The quantitative estimate of drug-likeness (QED) is 0.704. The molecule has 0 unspecified atom stereocenters. The Bertz CT molecular complexity index is 603. The third-order valence-corrected chi connectivity index (χ3v) is 2.99. The Balaban J connectivity index is 2.20. The van der Waals surface area contributed by atoms with E-state index in [1.807, 2.05) is 30.3 Å². The van der Waals surface area contributed by atoms with Gasteiger partial charge in [-0.1, -0.05) is 36.4 Å². The second kappa shape index (κ2) is 6.48. The largest absolute Gasteiger partial charge is 0.489 e. The molecule has 0 saturated carbocycles. The normalized spacial score (nSPS) is 11.2. The zero-order valence-electron chi connectivity index (χ0n) is 11.4. The van der Waals surface area contributed by atoms with Gasteiger partial charge in [0.05, 0.1) is 5.56 Å². The first kappa shape index (κ1) is 15.2. The van der Waals surface area contributed by atoms with Crippen molar-refractivity contribution in [1.29, 1.82) is 0 Å². The standard InChI is InChI=1S/C17H15F3O/c1-2-6-14-11-15(17(18,19)20)9-10-16(14)21-12-13-7-4-3-5-8-13/h2-5,7-11H,1,6,12H2. The van der Waals surface area contributed by atoms with E-state index in [1.54, 1.807) is 6.08 Å². The second-order valence-corrected chi connectivity index (χ2v) is 4.59. The second-order valence-electron chi connectivity index (χ2n) is 4.59. The van der Waals surface area contributed by atoms with Crippen molar-refractivity contribution in [1.82, 2.24) is 0 Å². The number of ether oxygens (including phenoxy) is 1. The predicted molar refractivity (Wildman–Crippen MR) is 76.1 cm³/mol. The summed E-state index contributed by atoms with van der Waals surface area (Å²) in [7, 11) is 0. The lowest BCUT2D eigenvalue weighted by atomic mass is 10.1. The van der Waals surface area contributed by atoms with Crippen LogP contribution in [0.3, 0.4) is 0 Å². The molecule has 0 saturated heterocycles. The third-order valence-electron chi connectivity index (χ3n) is 2.99. The molecule has 0 atom stereocenters. The van der Waals surface area contributed by atoms with E-state index >= 15 is 0 Å². The molecular formula is C17H15F3O. The smallest absolute Gasteiger partial charge is 0.416 e. The van der Waals surface area contributed by atoms with Crippen molar-refractivity contribution in [2.75, 3.05) is 0 Å². The Morgan fingerprint density at radius 2 is 1.76 bits per heavy atom. The maximum atomic E-state index is 12.7. The topological polar surface area (TPSA) is 9.23 Å². The van der Waals surface area contributed by atoms with Crippen LogP contribution in [0.15, 0.2) is 61.2 Å². The highest BCUT2D eigenvalue weighted by atomic mass is 19.4. The Kier molecular flexibility index (Phi) is 4.68. The van der Waals surface area contributed by atoms with Gasteiger partial charge in [0.15, 0.2) is 0 Å². The van der Waals surface area contributed by atoms with Crippen molar-refractivity contribution < 1.29 is 17.9 Å².